The molecule has 1 saturated heterocycles. The quantitative estimate of drug-likeness (QED) is 0.299. The number of hydrogen-bond acceptors (Lipinski definition) is 4. The Morgan fingerprint density at radius 1 is 1.20 bits per heavy atom. The molecule has 6 heteroatoms. The van der Waals surface area contributed by atoms with E-state index >= 15 is 0 Å². The molecule has 5 nitrogen and oxygen atoms in total. The van der Waals surface area contributed by atoms with Crippen LogP contribution >= 0.6 is 0 Å². The van der Waals surface area contributed by atoms with E-state index in [1.54, 1.807) is 42.5 Å². The van der Waals surface area contributed by atoms with Crippen molar-refractivity contribution in [2.24, 2.45) is 0 Å². The maximum Gasteiger partial charge on any atom is 0.295 e. The van der Waals surface area contributed by atoms with Gasteiger partial charge in [0.25, 0.3) is 11.7 Å². The van der Waals surface area contributed by atoms with E-state index in [0.29, 0.717) is 30.9 Å². The predicted octanol–water partition coefficient (Wildman–Crippen LogP) is 4.61. The largest absolute Gasteiger partial charge is 0.507 e. The molecule has 1 aliphatic rings. The van der Waals surface area contributed by atoms with Crippen molar-refractivity contribution in [3.05, 3.63) is 83.7 Å². The van der Waals surface area contributed by atoms with Gasteiger partial charge < -0.3 is 14.7 Å². The minimum atomic E-state index is -0.977. The highest BCUT2D eigenvalue weighted by molar-refractivity contribution is 6.46. The van der Waals surface area contributed by atoms with E-state index in [1.807, 2.05) is 6.92 Å². The number of rotatable bonds is 8. The van der Waals surface area contributed by atoms with Crippen molar-refractivity contribution in [3.63, 3.8) is 0 Å². The van der Waals surface area contributed by atoms with Crippen molar-refractivity contribution in [3.8, 4) is 5.75 Å². The second-order valence-electron chi connectivity index (χ2n) is 6.99. The van der Waals surface area contributed by atoms with Crippen molar-refractivity contribution < 1.29 is 23.8 Å². The van der Waals surface area contributed by atoms with Gasteiger partial charge >= 0.3 is 0 Å². The number of hydrogen-bond donors (Lipinski definition) is 1. The molecule has 2 aromatic carbocycles. The number of aliphatic hydroxyl groups is 1. The predicted molar refractivity (Wildman–Crippen MR) is 112 cm³/mol. The molecule has 0 bridgehead atoms. The third-order valence-electron chi connectivity index (χ3n) is 4.99. The number of carbonyl (C=O) groups is 2. The Hall–Kier alpha value is -3.41. The Labute approximate surface area is 175 Å². The first-order valence-electron chi connectivity index (χ1n) is 9.86. The smallest absolute Gasteiger partial charge is 0.295 e. The summed E-state index contributed by atoms with van der Waals surface area (Å²) >= 11 is 0. The first-order chi connectivity index (χ1) is 14.5. The van der Waals surface area contributed by atoms with E-state index in [1.165, 1.54) is 17.0 Å². The van der Waals surface area contributed by atoms with Crippen LogP contribution in [0.3, 0.4) is 0 Å². The summed E-state index contributed by atoms with van der Waals surface area (Å²) in [6.07, 6.45) is 3.08. The zero-order valence-electron chi connectivity index (χ0n) is 16.8. The van der Waals surface area contributed by atoms with Crippen LogP contribution in [0.2, 0.25) is 0 Å². The summed E-state index contributed by atoms with van der Waals surface area (Å²) in [7, 11) is 0. The van der Waals surface area contributed by atoms with E-state index < -0.39 is 23.5 Å². The normalized spacial score (nSPS) is 17.9. The van der Waals surface area contributed by atoms with Crippen LogP contribution in [0.4, 0.5) is 4.39 Å². The van der Waals surface area contributed by atoms with Crippen molar-refractivity contribution in [1.29, 1.82) is 0 Å². The lowest BCUT2D eigenvalue weighted by atomic mass is 9.95. The molecule has 0 radical (unpaired) electrons. The molecule has 156 valence electrons. The number of halogens is 1. The van der Waals surface area contributed by atoms with Crippen LogP contribution in [-0.2, 0) is 9.59 Å². The molecule has 1 aliphatic heterocycles. The SMILES string of the molecule is C=CCOc1ccc(C(O)=C2C(=O)C(=O)N(CCCC)[C@@H]2c2ccccc2F)cc1. The Balaban J connectivity index is 2.08. The summed E-state index contributed by atoms with van der Waals surface area (Å²) in [6, 6.07) is 11.5. The monoisotopic (exact) mass is 409 g/mol. The molecule has 0 unspecified atom stereocenters. The van der Waals surface area contributed by atoms with Gasteiger partial charge in [0.15, 0.2) is 0 Å². The molecule has 1 atom stereocenters. The molecule has 1 N–H and O–H groups in total. The molecule has 1 amide bonds. The summed E-state index contributed by atoms with van der Waals surface area (Å²) in [5.41, 5.74) is 0.414. The molecule has 0 aliphatic carbocycles. The lowest BCUT2D eigenvalue weighted by Crippen LogP contribution is -2.31. The fourth-order valence-corrected chi connectivity index (χ4v) is 3.48. The van der Waals surface area contributed by atoms with Gasteiger partial charge in [0.05, 0.1) is 11.6 Å². The van der Waals surface area contributed by atoms with Crippen molar-refractivity contribution >= 4 is 17.4 Å². The number of ether oxygens (including phenoxy) is 1. The number of nitrogens with zero attached hydrogens (tertiary/aromatic N) is 1. The summed E-state index contributed by atoms with van der Waals surface area (Å²) < 4.78 is 20.0. The Morgan fingerprint density at radius 3 is 2.53 bits per heavy atom. The van der Waals surface area contributed by atoms with Gasteiger partial charge in [0, 0.05) is 17.7 Å². The Morgan fingerprint density at radius 2 is 1.90 bits per heavy atom. The van der Waals surface area contributed by atoms with Gasteiger partial charge in [0.1, 0.15) is 23.9 Å². The maximum atomic E-state index is 14.6. The van der Waals surface area contributed by atoms with Crippen LogP contribution in [-0.4, -0.2) is 34.8 Å². The molecule has 30 heavy (non-hydrogen) atoms. The lowest BCUT2D eigenvalue weighted by molar-refractivity contribution is -0.139. The minimum Gasteiger partial charge on any atom is -0.507 e. The highest BCUT2D eigenvalue weighted by Gasteiger charge is 2.46. The molecular weight excluding hydrogens is 385 g/mol. The van der Waals surface area contributed by atoms with Crippen molar-refractivity contribution in [1.82, 2.24) is 4.90 Å². The highest BCUT2D eigenvalue weighted by atomic mass is 19.1. The fraction of sp³-hybridized carbons (Fsp3) is 0.250. The van der Waals surface area contributed by atoms with Crippen molar-refractivity contribution in [2.45, 2.75) is 25.8 Å². The van der Waals surface area contributed by atoms with Crippen LogP contribution in [0.15, 0.2) is 66.8 Å². The van der Waals surface area contributed by atoms with Gasteiger partial charge in [-0.15, -0.1) is 0 Å². The Bertz CT molecular complexity index is 981. The average molecular weight is 409 g/mol. The molecule has 3 rings (SSSR count). The molecule has 0 spiro atoms. The van der Waals surface area contributed by atoms with Gasteiger partial charge in [-0.25, -0.2) is 4.39 Å². The average Bonchev–Trinajstić information content (AvgIpc) is 3.01. The molecule has 0 aromatic heterocycles. The lowest BCUT2D eigenvalue weighted by Gasteiger charge is -2.25. The van der Waals surface area contributed by atoms with Crippen molar-refractivity contribution in [2.75, 3.05) is 13.2 Å². The zero-order chi connectivity index (χ0) is 21.7. The summed E-state index contributed by atoms with van der Waals surface area (Å²) in [5.74, 6) is -1.85. The number of likely N-dealkylation sites (tertiary alicyclic amines) is 1. The third kappa shape index (κ3) is 4.13. The van der Waals surface area contributed by atoms with Gasteiger partial charge in [0.2, 0.25) is 0 Å². The molecule has 0 saturated carbocycles. The van der Waals surface area contributed by atoms with Gasteiger partial charge in [-0.2, -0.15) is 0 Å². The third-order valence-corrected chi connectivity index (χ3v) is 4.99. The van der Waals surface area contributed by atoms with E-state index in [-0.39, 0.29) is 16.9 Å². The van der Waals surface area contributed by atoms with Crippen LogP contribution in [0.1, 0.15) is 36.9 Å². The summed E-state index contributed by atoms with van der Waals surface area (Å²) in [5, 5.41) is 10.9. The number of unbranched alkanes of at least 4 members (excludes halogenated alkanes) is 1. The zero-order valence-corrected chi connectivity index (χ0v) is 16.8. The number of carbonyl (C=O) groups excluding carboxylic acids is 2. The van der Waals surface area contributed by atoms with Crippen LogP contribution in [0.5, 0.6) is 5.75 Å². The van der Waals surface area contributed by atoms with E-state index in [0.717, 1.165) is 6.42 Å². The van der Waals surface area contributed by atoms with Gasteiger partial charge in [-0.3, -0.25) is 9.59 Å². The summed E-state index contributed by atoms with van der Waals surface area (Å²) in [4.78, 5) is 26.9. The molecule has 1 fully saturated rings. The van der Waals surface area contributed by atoms with E-state index in [2.05, 4.69) is 6.58 Å². The second-order valence-corrected chi connectivity index (χ2v) is 6.99. The fourth-order valence-electron chi connectivity index (χ4n) is 3.48. The van der Waals surface area contributed by atoms with Gasteiger partial charge in [-0.05, 0) is 36.8 Å². The van der Waals surface area contributed by atoms with Crippen LogP contribution in [0, 0.1) is 5.82 Å². The van der Waals surface area contributed by atoms with E-state index in [4.69, 9.17) is 4.74 Å². The maximum absolute atomic E-state index is 14.6. The Kier molecular flexibility index (Phi) is 6.67. The first kappa shape index (κ1) is 21.3. The van der Waals surface area contributed by atoms with E-state index in [9.17, 15) is 19.1 Å². The molecular formula is C24H24FNO4. The summed E-state index contributed by atoms with van der Waals surface area (Å²) in [6.45, 7) is 6.18. The first-order valence-corrected chi connectivity index (χ1v) is 9.86. The number of amides is 1. The minimum absolute atomic E-state index is 0.110. The standard InChI is InChI=1S/C24H24FNO4/c1-3-5-14-26-21(18-8-6-7-9-19(18)25)20(23(28)24(26)29)22(27)16-10-12-17(13-11-16)30-15-4-2/h4,6-13,21,27H,2-3,5,14-15H2,1H3/t21-/m1/s1. The second kappa shape index (κ2) is 9.39. The van der Waals surface area contributed by atoms with Crippen LogP contribution in [0.25, 0.3) is 5.76 Å². The highest BCUT2D eigenvalue weighted by Crippen LogP contribution is 2.40. The molecule has 1 heterocycles. The van der Waals surface area contributed by atoms with Gasteiger partial charge in [-0.1, -0.05) is 44.2 Å². The number of ketones is 1. The topological polar surface area (TPSA) is 66.8 Å². The van der Waals surface area contributed by atoms with Crippen LogP contribution < -0.4 is 4.74 Å². The number of benzene rings is 2. The number of Topliss-reactive ketones (excluding diaryl/α,β-unsaturated/α-hetero) is 1. The number of aliphatic hydroxyl groups excluding tert-OH is 1. The molecule has 2 aromatic rings.